The van der Waals surface area contributed by atoms with Gasteiger partial charge in [-0.2, -0.15) is 0 Å². The fourth-order valence-electron chi connectivity index (χ4n) is 4.50. The number of ether oxygens (including phenoxy) is 1. The molecule has 0 saturated heterocycles. The van der Waals surface area contributed by atoms with Gasteiger partial charge in [-0.15, -0.1) is 0 Å². The molecule has 1 amide bonds. The smallest absolute Gasteiger partial charge is 0.407 e. The summed E-state index contributed by atoms with van der Waals surface area (Å²) in [7, 11) is 0. The molecule has 1 aromatic heterocycles. The van der Waals surface area contributed by atoms with Crippen LogP contribution in [0.2, 0.25) is 0 Å². The number of aliphatic carboxylic acids is 1. The molecule has 0 bridgehead atoms. The van der Waals surface area contributed by atoms with E-state index in [4.69, 9.17) is 9.72 Å². The summed E-state index contributed by atoms with van der Waals surface area (Å²) in [6, 6.07) is 3.97. The summed E-state index contributed by atoms with van der Waals surface area (Å²) in [6.07, 6.45) is 9.27. The lowest BCUT2D eigenvalue weighted by Gasteiger charge is -2.24. The number of alkyl carbamates (subject to hydrolysis) is 1. The Hall–Kier alpha value is -2.35. The van der Waals surface area contributed by atoms with Gasteiger partial charge in [0.25, 0.3) is 0 Å². The number of hydrogen-bond acceptors (Lipinski definition) is 6. The van der Waals surface area contributed by atoms with Crippen LogP contribution in [0, 0.1) is 5.92 Å². The Labute approximate surface area is 203 Å². The summed E-state index contributed by atoms with van der Waals surface area (Å²) in [5.74, 6) is 0.350. The molecular weight excluding hydrogens is 432 g/mol. The average Bonchev–Trinajstić information content (AvgIpc) is 3.68. The van der Waals surface area contributed by atoms with Gasteiger partial charge in [0.2, 0.25) is 0 Å². The van der Waals surface area contributed by atoms with Crippen LogP contribution in [0.25, 0.3) is 0 Å². The highest BCUT2D eigenvalue weighted by Crippen LogP contribution is 2.27. The first-order chi connectivity index (χ1) is 16.5. The normalized spacial score (nSPS) is 16.1. The zero-order valence-electron chi connectivity index (χ0n) is 20.9. The number of carboxylic acids is 1. The number of pyridine rings is 1. The molecule has 34 heavy (non-hydrogen) atoms. The Balaban J connectivity index is 1.39. The van der Waals surface area contributed by atoms with Crippen molar-refractivity contribution in [2.24, 2.45) is 5.92 Å². The van der Waals surface area contributed by atoms with E-state index < -0.39 is 18.1 Å². The van der Waals surface area contributed by atoms with E-state index in [-0.39, 0.29) is 0 Å². The fraction of sp³-hybridized carbons (Fsp3) is 0.731. The maximum atomic E-state index is 12.1. The molecule has 8 heteroatoms. The van der Waals surface area contributed by atoms with Crippen molar-refractivity contribution in [2.45, 2.75) is 90.1 Å². The molecule has 3 rings (SSSR count). The number of rotatable bonds is 15. The second-order valence-corrected chi connectivity index (χ2v) is 9.67. The van der Waals surface area contributed by atoms with Crippen LogP contribution in [-0.4, -0.2) is 65.4 Å². The lowest BCUT2D eigenvalue weighted by atomic mass is 10.1. The number of unbranched alkanes of at least 4 members (excludes halogenated alkanes) is 1. The van der Waals surface area contributed by atoms with Crippen molar-refractivity contribution in [1.82, 2.24) is 15.2 Å². The number of nitrogens with zero attached hydrogens (tertiary/aromatic N) is 2. The quantitative estimate of drug-likeness (QED) is 0.327. The molecule has 1 aliphatic carbocycles. The predicted molar refractivity (Wildman–Crippen MR) is 133 cm³/mol. The molecule has 1 fully saturated rings. The van der Waals surface area contributed by atoms with E-state index in [2.05, 4.69) is 41.5 Å². The number of carboxylic acid groups (broad SMARTS) is 1. The van der Waals surface area contributed by atoms with E-state index in [1.54, 1.807) is 0 Å². The predicted octanol–water partition coefficient (Wildman–Crippen LogP) is 4.23. The van der Waals surface area contributed by atoms with Gasteiger partial charge in [0.15, 0.2) is 0 Å². The molecule has 2 heterocycles. The molecule has 1 atom stereocenters. The van der Waals surface area contributed by atoms with Crippen LogP contribution in [0.5, 0.6) is 0 Å². The van der Waals surface area contributed by atoms with E-state index in [1.807, 2.05) is 0 Å². The van der Waals surface area contributed by atoms with E-state index >= 15 is 0 Å². The summed E-state index contributed by atoms with van der Waals surface area (Å²) in [5, 5.41) is 15.5. The van der Waals surface area contributed by atoms with Crippen LogP contribution in [-0.2, 0) is 22.4 Å². The summed E-state index contributed by atoms with van der Waals surface area (Å²) in [5.41, 5.74) is 2.45. The minimum absolute atomic E-state index is 0.312. The van der Waals surface area contributed by atoms with Crippen LogP contribution in [0.4, 0.5) is 10.6 Å². The first-order valence-electron chi connectivity index (χ1n) is 13.1. The number of nitrogens with one attached hydrogen (secondary N) is 2. The van der Waals surface area contributed by atoms with E-state index in [9.17, 15) is 14.7 Å². The van der Waals surface area contributed by atoms with Gasteiger partial charge in [-0.25, -0.2) is 14.6 Å². The number of hydrogen-bond donors (Lipinski definition) is 3. The van der Waals surface area contributed by atoms with Crippen LogP contribution < -0.4 is 10.6 Å². The van der Waals surface area contributed by atoms with Crippen molar-refractivity contribution in [2.75, 3.05) is 31.6 Å². The highest BCUT2D eigenvalue weighted by Gasteiger charge is 2.30. The summed E-state index contributed by atoms with van der Waals surface area (Å²) in [4.78, 5) is 31.0. The van der Waals surface area contributed by atoms with Crippen molar-refractivity contribution >= 4 is 17.9 Å². The SMILES string of the molecule is CCC(CC)COC(=O)NC(CCN(CCCCc1ccc2c(n1)NCCC2)C1CC1)C(=O)O. The number of anilines is 1. The van der Waals surface area contributed by atoms with Gasteiger partial charge in [0.05, 0.1) is 6.61 Å². The van der Waals surface area contributed by atoms with Crippen LogP contribution in [0.3, 0.4) is 0 Å². The molecule has 0 spiro atoms. The van der Waals surface area contributed by atoms with Gasteiger partial charge in [-0.1, -0.05) is 32.8 Å². The monoisotopic (exact) mass is 474 g/mol. The Morgan fingerprint density at radius 2 is 2.03 bits per heavy atom. The van der Waals surface area contributed by atoms with E-state index in [0.717, 1.165) is 63.1 Å². The summed E-state index contributed by atoms with van der Waals surface area (Å²) >= 11 is 0. The summed E-state index contributed by atoms with van der Waals surface area (Å²) in [6.45, 7) is 7.05. The van der Waals surface area contributed by atoms with E-state index in [1.165, 1.54) is 24.8 Å². The minimum atomic E-state index is -1.01. The number of fused-ring (bicyclic) bond motifs is 1. The highest BCUT2D eigenvalue weighted by molar-refractivity contribution is 5.79. The highest BCUT2D eigenvalue weighted by atomic mass is 16.5. The van der Waals surface area contributed by atoms with E-state index in [0.29, 0.717) is 31.5 Å². The molecule has 3 N–H and O–H groups in total. The van der Waals surface area contributed by atoms with Gasteiger partial charge in [-0.3, -0.25) is 0 Å². The third kappa shape index (κ3) is 8.46. The standard InChI is InChI=1S/C26H42N4O4/c1-3-19(4-2)18-34-26(33)29-23(25(31)32)14-17-30(22-12-13-22)16-6-5-9-21-11-10-20-8-7-15-27-24(20)28-21/h10-11,19,22-23H,3-9,12-18H2,1-2H3,(H,27,28)(H,29,33)(H,31,32). The molecule has 0 aromatic carbocycles. The third-order valence-electron chi connectivity index (χ3n) is 7.04. The number of carbonyl (C=O) groups is 2. The zero-order valence-corrected chi connectivity index (χ0v) is 20.9. The largest absolute Gasteiger partial charge is 0.480 e. The second kappa shape index (κ2) is 13.5. The second-order valence-electron chi connectivity index (χ2n) is 9.67. The van der Waals surface area contributed by atoms with Crippen LogP contribution in [0.1, 0.15) is 76.5 Å². The first kappa shape index (κ1) is 26.3. The Bertz CT molecular complexity index is 795. The van der Waals surface area contributed by atoms with Crippen molar-refractivity contribution in [3.8, 4) is 0 Å². The maximum absolute atomic E-state index is 12.1. The number of aryl methyl sites for hydroxylation is 2. The van der Waals surface area contributed by atoms with Crippen LogP contribution >= 0.6 is 0 Å². The average molecular weight is 475 g/mol. The van der Waals surface area contributed by atoms with Gasteiger partial charge in [0.1, 0.15) is 11.9 Å². The number of aromatic nitrogens is 1. The fourth-order valence-corrected chi connectivity index (χ4v) is 4.50. The van der Waals surface area contributed by atoms with Crippen molar-refractivity contribution in [3.63, 3.8) is 0 Å². The topological polar surface area (TPSA) is 104 Å². The van der Waals surface area contributed by atoms with Gasteiger partial charge < -0.3 is 25.4 Å². The molecule has 1 unspecified atom stereocenters. The molecule has 8 nitrogen and oxygen atoms in total. The van der Waals surface area contributed by atoms with Crippen molar-refractivity contribution in [1.29, 1.82) is 0 Å². The molecule has 1 aliphatic heterocycles. The Kier molecular flexibility index (Phi) is 10.4. The molecule has 2 aliphatic rings. The summed E-state index contributed by atoms with van der Waals surface area (Å²) < 4.78 is 5.25. The van der Waals surface area contributed by atoms with Crippen LogP contribution in [0.15, 0.2) is 12.1 Å². The van der Waals surface area contributed by atoms with Gasteiger partial charge in [-0.05, 0) is 75.5 Å². The van der Waals surface area contributed by atoms with Crippen molar-refractivity contribution < 1.29 is 19.4 Å². The first-order valence-corrected chi connectivity index (χ1v) is 13.1. The lowest BCUT2D eigenvalue weighted by molar-refractivity contribution is -0.139. The molecular formula is C26H42N4O4. The molecule has 1 aromatic rings. The number of carbonyl (C=O) groups excluding carboxylic acids is 1. The zero-order chi connectivity index (χ0) is 24.3. The molecule has 0 radical (unpaired) electrons. The van der Waals surface area contributed by atoms with Gasteiger partial charge >= 0.3 is 12.1 Å². The number of amides is 1. The van der Waals surface area contributed by atoms with Crippen molar-refractivity contribution in [3.05, 3.63) is 23.4 Å². The molecule has 1 saturated carbocycles. The maximum Gasteiger partial charge on any atom is 0.407 e. The third-order valence-corrected chi connectivity index (χ3v) is 7.04. The molecule has 190 valence electrons. The Morgan fingerprint density at radius 1 is 1.24 bits per heavy atom. The minimum Gasteiger partial charge on any atom is -0.480 e. The van der Waals surface area contributed by atoms with Gasteiger partial charge in [0, 0.05) is 24.8 Å². The lowest BCUT2D eigenvalue weighted by Crippen LogP contribution is -2.44. The Morgan fingerprint density at radius 3 is 2.74 bits per heavy atom.